The zero-order valence-corrected chi connectivity index (χ0v) is 8.18. The number of methoxy groups -OCH3 is 1. The number of ether oxygens (including phenoxy) is 1. The van der Waals surface area contributed by atoms with Crippen LogP contribution in [0.2, 0.25) is 0 Å². The molecule has 0 unspecified atom stereocenters. The average Bonchev–Trinajstić information content (AvgIpc) is 1.98. The fourth-order valence-corrected chi connectivity index (χ4v) is 0.540. The maximum Gasteiger partial charge on any atom is 0.332 e. The molecule has 0 saturated carbocycles. The van der Waals surface area contributed by atoms with Gasteiger partial charge in [0.2, 0.25) is 5.78 Å². The number of carbonyl (C=O) groups is 2. The zero-order valence-electron chi connectivity index (χ0n) is 7.36. The van der Waals surface area contributed by atoms with Crippen molar-refractivity contribution in [1.29, 1.82) is 0 Å². The van der Waals surface area contributed by atoms with E-state index in [1.807, 2.05) is 0 Å². The Hall–Kier alpha value is -1.29. The van der Waals surface area contributed by atoms with Crippen molar-refractivity contribution in [2.24, 2.45) is 0 Å². The molecule has 1 N–H and O–H groups in total. The highest BCUT2D eigenvalue weighted by Crippen LogP contribution is 2.03. The zero-order chi connectivity index (χ0) is 9.72. The van der Waals surface area contributed by atoms with Gasteiger partial charge in [0.05, 0.1) is 13.2 Å². The number of aliphatic carboxylic acids is 1. The second kappa shape index (κ2) is 6.25. The molecule has 0 aromatic heterocycles. The Morgan fingerprint density at radius 1 is 1.46 bits per heavy atom. The first-order valence-electron chi connectivity index (χ1n) is 3.18. The van der Waals surface area contributed by atoms with Gasteiger partial charge in [0.1, 0.15) is 0 Å². The summed E-state index contributed by atoms with van der Waals surface area (Å²) >= 11 is 0. The van der Waals surface area contributed by atoms with Crippen molar-refractivity contribution in [2.45, 2.75) is 6.92 Å². The van der Waals surface area contributed by atoms with E-state index in [-0.39, 0.29) is 23.7 Å². The maximum absolute atomic E-state index is 11.1. The van der Waals surface area contributed by atoms with Gasteiger partial charge in [-0.2, -0.15) is 0 Å². The quantitative estimate of drug-likeness (QED) is 0.554. The van der Waals surface area contributed by atoms with Crippen molar-refractivity contribution in [2.75, 3.05) is 7.11 Å². The number of allylic oxidation sites excluding steroid dienone is 1. The molecule has 13 heavy (non-hydrogen) atoms. The van der Waals surface area contributed by atoms with Gasteiger partial charge >= 0.3 is 5.97 Å². The molecular formula is C8H11ClO4. The van der Waals surface area contributed by atoms with Gasteiger partial charge in [0.15, 0.2) is 5.76 Å². The number of carboxylic acid groups (broad SMARTS) is 1. The lowest BCUT2D eigenvalue weighted by atomic mass is 10.2. The number of carbonyl (C=O) groups excluding carboxylic acids is 1. The molecule has 0 bridgehead atoms. The summed E-state index contributed by atoms with van der Waals surface area (Å²) in [5, 5.41) is 8.31. The summed E-state index contributed by atoms with van der Waals surface area (Å²) in [6.45, 7) is 4.85. The molecule has 0 saturated heterocycles. The Morgan fingerprint density at radius 2 is 1.92 bits per heavy atom. The number of rotatable bonds is 4. The van der Waals surface area contributed by atoms with E-state index in [9.17, 15) is 9.59 Å². The van der Waals surface area contributed by atoms with Crippen molar-refractivity contribution in [3.05, 3.63) is 24.0 Å². The van der Waals surface area contributed by atoms with E-state index < -0.39 is 11.8 Å². The number of Topliss-reactive ketones (excluding diaryl/α,β-unsaturated/α-hetero) is 1. The molecule has 0 aromatic carbocycles. The Morgan fingerprint density at radius 3 is 2.15 bits per heavy atom. The minimum atomic E-state index is -1.22. The van der Waals surface area contributed by atoms with Crippen LogP contribution in [0, 0.1) is 0 Å². The fourth-order valence-electron chi connectivity index (χ4n) is 0.540. The van der Waals surface area contributed by atoms with Gasteiger partial charge in [-0.15, -0.1) is 12.4 Å². The van der Waals surface area contributed by atoms with Gasteiger partial charge in [0, 0.05) is 0 Å². The minimum absolute atomic E-state index is 0. The lowest BCUT2D eigenvalue weighted by Gasteiger charge is -2.02. The molecule has 5 heteroatoms. The lowest BCUT2D eigenvalue weighted by molar-refractivity contribution is -0.132. The molecule has 0 rings (SSSR count). The largest absolute Gasteiger partial charge is 0.492 e. The second-order valence-corrected chi connectivity index (χ2v) is 2.16. The molecule has 0 aliphatic heterocycles. The van der Waals surface area contributed by atoms with Crippen LogP contribution < -0.4 is 0 Å². The van der Waals surface area contributed by atoms with Crippen molar-refractivity contribution < 1.29 is 19.4 Å². The summed E-state index contributed by atoms with van der Waals surface area (Å²) in [6, 6.07) is 0. The van der Waals surface area contributed by atoms with Crippen LogP contribution in [0.25, 0.3) is 0 Å². The molecule has 0 spiro atoms. The van der Waals surface area contributed by atoms with E-state index in [2.05, 4.69) is 11.3 Å². The number of hydrogen-bond donors (Lipinski definition) is 1. The van der Waals surface area contributed by atoms with Gasteiger partial charge < -0.3 is 9.84 Å². The van der Waals surface area contributed by atoms with Crippen LogP contribution in [0.3, 0.4) is 0 Å². The molecule has 74 valence electrons. The molecule has 0 amide bonds. The first-order chi connectivity index (χ1) is 5.49. The molecule has 0 aliphatic carbocycles. The van der Waals surface area contributed by atoms with E-state index in [0.29, 0.717) is 6.08 Å². The van der Waals surface area contributed by atoms with Crippen LogP contribution in [0.15, 0.2) is 24.0 Å². The molecule has 0 radical (unpaired) electrons. The van der Waals surface area contributed by atoms with E-state index in [0.717, 1.165) is 0 Å². The monoisotopic (exact) mass is 206 g/mol. The first-order valence-corrected chi connectivity index (χ1v) is 3.18. The van der Waals surface area contributed by atoms with Gasteiger partial charge in [-0.3, -0.25) is 4.79 Å². The summed E-state index contributed by atoms with van der Waals surface area (Å²) in [6.07, 6.45) is 0.705. The van der Waals surface area contributed by atoms with Gasteiger partial charge in [-0.05, 0) is 12.5 Å². The van der Waals surface area contributed by atoms with Crippen molar-refractivity contribution >= 4 is 24.2 Å². The molecule has 0 aromatic rings. The number of ketones is 1. The maximum atomic E-state index is 11.1. The molecule has 4 nitrogen and oxygen atoms in total. The molecule has 0 atom stereocenters. The fraction of sp³-hybridized carbons (Fsp3) is 0.250. The summed E-state index contributed by atoms with van der Waals surface area (Å²) in [5.74, 6) is -1.93. The number of carboxylic acids is 1. The molecule has 0 aliphatic rings. The van der Waals surface area contributed by atoms with Crippen LogP contribution in [-0.4, -0.2) is 24.0 Å². The Kier molecular flexibility index (Phi) is 6.85. The Bertz CT molecular complexity index is 255. The minimum Gasteiger partial charge on any atom is -0.492 e. The standard InChI is InChI=1S/C8H10O4.ClH/c1-5(2)8(11)6(12-3)4-7(9)10;/h4H,1H2,2-3H3,(H,9,10);1H. The topological polar surface area (TPSA) is 63.6 Å². The van der Waals surface area contributed by atoms with Gasteiger partial charge in [-0.1, -0.05) is 6.58 Å². The van der Waals surface area contributed by atoms with Crippen LogP contribution in [0.1, 0.15) is 6.92 Å². The summed E-state index contributed by atoms with van der Waals surface area (Å²) < 4.78 is 4.55. The van der Waals surface area contributed by atoms with Crippen molar-refractivity contribution in [1.82, 2.24) is 0 Å². The Balaban J connectivity index is 0. The predicted octanol–water partition coefficient (Wildman–Crippen LogP) is 1.17. The Labute approximate surface area is 82.3 Å². The summed E-state index contributed by atoms with van der Waals surface area (Å²) in [5.41, 5.74) is 0.240. The molecule has 0 heterocycles. The van der Waals surface area contributed by atoms with Gasteiger partial charge in [0.25, 0.3) is 0 Å². The lowest BCUT2D eigenvalue weighted by Crippen LogP contribution is -2.07. The third kappa shape index (κ3) is 5.03. The highest BCUT2D eigenvalue weighted by Gasteiger charge is 2.11. The molecular weight excluding hydrogens is 196 g/mol. The van der Waals surface area contributed by atoms with Crippen molar-refractivity contribution in [3.8, 4) is 0 Å². The number of hydrogen-bond acceptors (Lipinski definition) is 3. The van der Waals surface area contributed by atoms with Crippen LogP contribution in [0.4, 0.5) is 0 Å². The summed E-state index contributed by atoms with van der Waals surface area (Å²) in [4.78, 5) is 21.2. The SMILES string of the molecule is C=C(C)C(=O)C(=CC(=O)O)OC.Cl. The second-order valence-electron chi connectivity index (χ2n) is 2.16. The third-order valence-corrected chi connectivity index (χ3v) is 1.09. The van der Waals surface area contributed by atoms with E-state index in [1.54, 1.807) is 0 Å². The summed E-state index contributed by atoms with van der Waals surface area (Å²) in [7, 11) is 1.23. The van der Waals surface area contributed by atoms with Crippen LogP contribution in [-0.2, 0) is 14.3 Å². The highest BCUT2D eigenvalue weighted by molar-refractivity contribution is 6.08. The van der Waals surface area contributed by atoms with Crippen molar-refractivity contribution in [3.63, 3.8) is 0 Å². The molecule has 0 fully saturated rings. The van der Waals surface area contributed by atoms with Crippen LogP contribution >= 0.6 is 12.4 Å². The van der Waals surface area contributed by atoms with Crippen LogP contribution in [0.5, 0.6) is 0 Å². The predicted molar refractivity (Wildman–Crippen MR) is 49.8 cm³/mol. The van der Waals surface area contributed by atoms with Gasteiger partial charge in [-0.25, -0.2) is 4.79 Å². The first kappa shape index (κ1) is 14.2. The van der Waals surface area contributed by atoms with E-state index in [4.69, 9.17) is 5.11 Å². The van der Waals surface area contributed by atoms with E-state index in [1.165, 1.54) is 14.0 Å². The number of halogens is 1. The smallest absolute Gasteiger partial charge is 0.332 e. The third-order valence-electron chi connectivity index (χ3n) is 1.09. The van der Waals surface area contributed by atoms with E-state index >= 15 is 0 Å². The average molecular weight is 207 g/mol. The normalized spacial score (nSPS) is 9.85. The highest BCUT2D eigenvalue weighted by atomic mass is 35.5.